The summed E-state index contributed by atoms with van der Waals surface area (Å²) in [5.41, 5.74) is 3.35. The number of halogens is 2. The zero-order valence-electron chi connectivity index (χ0n) is 12.0. The van der Waals surface area contributed by atoms with Crippen LogP contribution in [0, 0.1) is 13.8 Å². The number of aromatic nitrogens is 2. The molecule has 0 amide bonds. The first-order valence-electron chi connectivity index (χ1n) is 6.45. The van der Waals surface area contributed by atoms with Crippen LogP contribution in [0.1, 0.15) is 36.7 Å². The molecule has 20 heavy (non-hydrogen) atoms. The molecule has 1 aromatic heterocycles. The summed E-state index contributed by atoms with van der Waals surface area (Å²) in [4.78, 5) is 8.72. The zero-order valence-corrected chi connectivity index (χ0v) is 14.3. The van der Waals surface area contributed by atoms with Crippen molar-refractivity contribution in [3.05, 3.63) is 44.8 Å². The van der Waals surface area contributed by atoms with Crippen LogP contribution in [0.4, 0.5) is 11.5 Å². The Bertz CT molecular complexity index is 618. The summed E-state index contributed by atoms with van der Waals surface area (Å²) >= 11 is 9.62. The largest absolute Gasteiger partial charge is 0.340 e. The summed E-state index contributed by atoms with van der Waals surface area (Å²) in [5.74, 6) is 1.70. The van der Waals surface area contributed by atoms with Crippen molar-refractivity contribution in [2.45, 2.75) is 33.6 Å². The average Bonchev–Trinajstić information content (AvgIpc) is 2.35. The van der Waals surface area contributed by atoms with Crippen molar-refractivity contribution in [1.29, 1.82) is 0 Å². The van der Waals surface area contributed by atoms with Crippen LogP contribution in [-0.4, -0.2) is 9.97 Å². The second-order valence-electron chi connectivity index (χ2n) is 5.14. The maximum Gasteiger partial charge on any atom is 0.135 e. The van der Waals surface area contributed by atoms with Gasteiger partial charge in [0, 0.05) is 22.1 Å². The molecule has 0 aliphatic carbocycles. The van der Waals surface area contributed by atoms with Gasteiger partial charge >= 0.3 is 0 Å². The van der Waals surface area contributed by atoms with E-state index in [9.17, 15) is 0 Å². The van der Waals surface area contributed by atoms with Gasteiger partial charge in [-0.3, -0.25) is 0 Å². The first-order chi connectivity index (χ1) is 9.36. The molecule has 0 bridgehead atoms. The number of hydrogen-bond acceptors (Lipinski definition) is 3. The first-order valence-corrected chi connectivity index (χ1v) is 7.62. The van der Waals surface area contributed by atoms with Gasteiger partial charge in [0.2, 0.25) is 0 Å². The number of hydrogen-bond donors (Lipinski definition) is 1. The van der Waals surface area contributed by atoms with Crippen LogP contribution < -0.4 is 5.32 Å². The van der Waals surface area contributed by atoms with Crippen LogP contribution in [-0.2, 0) is 0 Å². The van der Waals surface area contributed by atoms with E-state index in [4.69, 9.17) is 11.6 Å². The summed E-state index contributed by atoms with van der Waals surface area (Å²) in [5, 5.41) is 3.75. The number of anilines is 2. The molecular formula is C15H17BrClN3. The van der Waals surface area contributed by atoms with E-state index >= 15 is 0 Å². The van der Waals surface area contributed by atoms with Crippen molar-refractivity contribution < 1.29 is 0 Å². The Balaban J connectivity index is 2.35. The molecule has 0 saturated heterocycles. The third kappa shape index (κ3) is 3.49. The molecule has 0 aliphatic rings. The standard InChI is InChI=1S/C15H17BrClN3/c1-8(2)15-19-12(17)7-13(20-15)18-11-5-9(3)14(16)10(4)6-11/h5-8H,1-4H3,(H,18,19,20). The van der Waals surface area contributed by atoms with E-state index in [1.54, 1.807) is 6.07 Å². The summed E-state index contributed by atoms with van der Waals surface area (Å²) in [6.07, 6.45) is 0. The average molecular weight is 355 g/mol. The lowest BCUT2D eigenvalue weighted by molar-refractivity contribution is 0.776. The SMILES string of the molecule is Cc1cc(Nc2cc(Cl)nc(C(C)C)n2)cc(C)c1Br. The van der Waals surface area contributed by atoms with Crippen molar-refractivity contribution in [3.8, 4) is 0 Å². The maximum atomic E-state index is 6.05. The molecule has 1 heterocycles. The van der Waals surface area contributed by atoms with Crippen molar-refractivity contribution >= 4 is 39.0 Å². The van der Waals surface area contributed by atoms with E-state index in [2.05, 4.69) is 57.2 Å². The molecule has 2 aromatic rings. The number of aryl methyl sites for hydroxylation is 2. The Morgan fingerprint density at radius 3 is 2.25 bits per heavy atom. The second kappa shape index (κ2) is 6.10. The van der Waals surface area contributed by atoms with Gasteiger partial charge in [0.05, 0.1) is 0 Å². The van der Waals surface area contributed by atoms with E-state index in [1.165, 1.54) is 11.1 Å². The summed E-state index contributed by atoms with van der Waals surface area (Å²) in [7, 11) is 0. The Kier molecular flexibility index (Phi) is 4.66. The predicted molar refractivity (Wildman–Crippen MR) is 88.0 cm³/mol. The van der Waals surface area contributed by atoms with Gasteiger partial charge in [0.15, 0.2) is 0 Å². The topological polar surface area (TPSA) is 37.8 Å². The highest BCUT2D eigenvalue weighted by molar-refractivity contribution is 9.10. The van der Waals surface area contributed by atoms with Crippen LogP contribution in [0.15, 0.2) is 22.7 Å². The third-order valence-corrected chi connectivity index (χ3v) is 4.38. The van der Waals surface area contributed by atoms with E-state index < -0.39 is 0 Å². The predicted octanol–water partition coefficient (Wildman–Crippen LogP) is 5.38. The van der Waals surface area contributed by atoms with Gasteiger partial charge in [0.1, 0.15) is 16.8 Å². The molecule has 0 radical (unpaired) electrons. The lowest BCUT2D eigenvalue weighted by Crippen LogP contribution is -2.02. The number of nitrogens with zero attached hydrogens (tertiary/aromatic N) is 2. The number of rotatable bonds is 3. The molecule has 0 aliphatic heterocycles. The van der Waals surface area contributed by atoms with Crippen molar-refractivity contribution in [2.24, 2.45) is 0 Å². The van der Waals surface area contributed by atoms with E-state index in [0.717, 1.165) is 21.8 Å². The van der Waals surface area contributed by atoms with Gasteiger partial charge in [-0.05, 0) is 37.1 Å². The Morgan fingerprint density at radius 1 is 1.10 bits per heavy atom. The maximum absolute atomic E-state index is 6.05. The van der Waals surface area contributed by atoms with Crippen molar-refractivity contribution in [3.63, 3.8) is 0 Å². The van der Waals surface area contributed by atoms with Crippen LogP contribution in [0.5, 0.6) is 0 Å². The lowest BCUT2D eigenvalue weighted by Gasteiger charge is -2.12. The first kappa shape index (κ1) is 15.3. The molecule has 0 fully saturated rings. The molecule has 0 unspecified atom stereocenters. The van der Waals surface area contributed by atoms with Gasteiger partial charge in [-0.1, -0.05) is 41.4 Å². The highest BCUT2D eigenvalue weighted by Gasteiger charge is 2.08. The Labute approximate surface area is 132 Å². The molecule has 1 aromatic carbocycles. The molecule has 5 heteroatoms. The molecule has 3 nitrogen and oxygen atoms in total. The molecular weight excluding hydrogens is 338 g/mol. The Morgan fingerprint density at radius 2 is 1.70 bits per heavy atom. The second-order valence-corrected chi connectivity index (χ2v) is 6.32. The minimum atomic E-state index is 0.239. The normalized spacial score (nSPS) is 10.9. The summed E-state index contributed by atoms with van der Waals surface area (Å²) < 4.78 is 1.13. The lowest BCUT2D eigenvalue weighted by atomic mass is 10.1. The summed E-state index contributed by atoms with van der Waals surface area (Å²) in [6.45, 7) is 8.22. The molecule has 2 rings (SSSR count). The van der Waals surface area contributed by atoms with Gasteiger partial charge < -0.3 is 5.32 Å². The van der Waals surface area contributed by atoms with Gasteiger partial charge in [-0.2, -0.15) is 0 Å². The van der Waals surface area contributed by atoms with Crippen LogP contribution in [0.3, 0.4) is 0 Å². The monoisotopic (exact) mass is 353 g/mol. The van der Waals surface area contributed by atoms with Gasteiger partial charge in [-0.25, -0.2) is 9.97 Å². The van der Waals surface area contributed by atoms with E-state index in [-0.39, 0.29) is 5.92 Å². The van der Waals surface area contributed by atoms with Crippen molar-refractivity contribution in [1.82, 2.24) is 9.97 Å². The van der Waals surface area contributed by atoms with Crippen LogP contribution >= 0.6 is 27.5 Å². The molecule has 0 saturated carbocycles. The molecule has 0 atom stereocenters. The third-order valence-electron chi connectivity index (χ3n) is 2.94. The summed E-state index contributed by atoms with van der Waals surface area (Å²) in [6, 6.07) is 5.88. The fourth-order valence-electron chi connectivity index (χ4n) is 1.92. The van der Waals surface area contributed by atoms with Crippen molar-refractivity contribution in [2.75, 3.05) is 5.32 Å². The molecule has 1 N–H and O–H groups in total. The fraction of sp³-hybridized carbons (Fsp3) is 0.333. The molecule has 106 valence electrons. The molecule has 0 spiro atoms. The smallest absolute Gasteiger partial charge is 0.135 e. The minimum Gasteiger partial charge on any atom is -0.340 e. The number of benzene rings is 1. The fourth-order valence-corrected chi connectivity index (χ4v) is 2.34. The minimum absolute atomic E-state index is 0.239. The number of nitrogens with one attached hydrogen (secondary N) is 1. The quantitative estimate of drug-likeness (QED) is 0.752. The zero-order chi connectivity index (χ0) is 14.9. The highest BCUT2D eigenvalue weighted by Crippen LogP contribution is 2.27. The van der Waals surface area contributed by atoms with E-state index in [0.29, 0.717) is 5.15 Å². The van der Waals surface area contributed by atoms with Crippen LogP contribution in [0.25, 0.3) is 0 Å². The van der Waals surface area contributed by atoms with Crippen LogP contribution in [0.2, 0.25) is 5.15 Å². The highest BCUT2D eigenvalue weighted by atomic mass is 79.9. The van der Waals surface area contributed by atoms with Gasteiger partial charge in [0.25, 0.3) is 0 Å². The van der Waals surface area contributed by atoms with Gasteiger partial charge in [-0.15, -0.1) is 0 Å². The Hall–Kier alpha value is -1.13. The van der Waals surface area contributed by atoms with E-state index in [1.807, 2.05) is 13.8 Å².